The Kier molecular flexibility index (Phi) is 2.07. The van der Waals surface area contributed by atoms with Gasteiger partial charge in [0.25, 0.3) is 0 Å². The molecule has 1 nitrogen and oxygen atoms in total. The van der Waals surface area contributed by atoms with Gasteiger partial charge in [-0.05, 0) is 25.0 Å². The topological polar surface area (TPSA) is 12.0 Å². The van der Waals surface area contributed by atoms with Crippen molar-refractivity contribution in [2.24, 2.45) is 0 Å². The van der Waals surface area contributed by atoms with E-state index in [-0.39, 0.29) is 10.8 Å². The second kappa shape index (κ2) is 3.07. The standard InChI is InChI=1S/C8H8BClFN/c10-7-2-1-6(3-8(7)11)9-4-12-5-9/h1-3,12H,4-5H2. The lowest BCUT2D eigenvalue weighted by atomic mass is 9.40. The summed E-state index contributed by atoms with van der Waals surface area (Å²) in [6.07, 6.45) is 1.89. The highest BCUT2D eigenvalue weighted by Crippen LogP contribution is 2.11. The fourth-order valence-electron chi connectivity index (χ4n) is 1.29. The van der Waals surface area contributed by atoms with Gasteiger partial charge in [0.15, 0.2) is 0 Å². The Morgan fingerprint density at radius 1 is 1.42 bits per heavy atom. The first-order valence-corrected chi connectivity index (χ1v) is 4.31. The molecule has 1 saturated heterocycles. The number of rotatable bonds is 1. The average molecular weight is 183 g/mol. The van der Waals surface area contributed by atoms with E-state index in [0.29, 0.717) is 6.71 Å². The van der Waals surface area contributed by atoms with Gasteiger partial charge in [-0.15, -0.1) is 0 Å². The van der Waals surface area contributed by atoms with Crippen molar-refractivity contribution in [3.63, 3.8) is 0 Å². The molecular weight excluding hydrogens is 175 g/mol. The van der Waals surface area contributed by atoms with Crippen LogP contribution in [0.25, 0.3) is 0 Å². The van der Waals surface area contributed by atoms with Crippen LogP contribution in [0.15, 0.2) is 18.2 Å². The van der Waals surface area contributed by atoms with Crippen molar-refractivity contribution in [1.82, 2.24) is 5.32 Å². The molecule has 12 heavy (non-hydrogen) atoms. The fourth-order valence-corrected chi connectivity index (χ4v) is 1.41. The smallest absolute Gasteiger partial charge is 0.205 e. The zero-order valence-corrected chi connectivity index (χ0v) is 7.24. The highest BCUT2D eigenvalue weighted by atomic mass is 35.5. The third-order valence-electron chi connectivity index (χ3n) is 2.20. The summed E-state index contributed by atoms with van der Waals surface area (Å²) in [5, 5.41) is 3.34. The molecule has 4 heteroatoms. The molecule has 0 aliphatic carbocycles. The Morgan fingerprint density at radius 3 is 2.67 bits per heavy atom. The molecule has 0 aromatic heterocycles. The van der Waals surface area contributed by atoms with Crippen LogP contribution in [0.1, 0.15) is 0 Å². The van der Waals surface area contributed by atoms with Gasteiger partial charge in [0, 0.05) is 0 Å². The van der Waals surface area contributed by atoms with Crippen molar-refractivity contribution < 1.29 is 4.39 Å². The average Bonchev–Trinajstić information content (AvgIpc) is 1.93. The number of benzene rings is 1. The highest BCUT2D eigenvalue weighted by Gasteiger charge is 2.23. The van der Waals surface area contributed by atoms with E-state index in [9.17, 15) is 4.39 Å². The monoisotopic (exact) mass is 183 g/mol. The van der Waals surface area contributed by atoms with E-state index in [0.717, 1.165) is 18.4 Å². The van der Waals surface area contributed by atoms with Gasteiger partial charge >= 0.3 is 0 Å². The van der Waals surface area contributed by atoms with Gasteiger partial charge in [-0.2, -0.15) is 0 Å². The SMILES string of the molecule is Fc1cc(B2CNC2)ccc1Cl. The summed E-state index contributed by atoms with van der Waals surface area (Å²) in [4.78, 5) is 0. The van der Waals surface area contributed by atoms with Crippen LogP contribution in [0.5, 0.6) is 0 Å². The van der Waals surface area contributed by atoms with Crippen molar-refractivity contribution in [2.75, 3.05) is 12.9 Å². The molecule has 0 amide bonds. The predicted octanol–water partition coefficient (Wildman–Crippen LogP) is 0.862. The quantitative estimate of drug-likeness (QED) is 0.637. The molecule has 1 aliphatic rings. The summed E-state index contributed by atoms with van der Waals surface area (Å²) >= 11 is 5.56. The molecular formula is C8H8BClFN. The minimum Gasteiger partial charge on any atom is -0.330 e. The van der Waals surface area contributed by atoms with E-state index in [4.69, 9.17) is 11.6 Å². The summed E-state index contributed by atoms with van der Waals surface area (Å²) < 4.78 is 12.9. The second-order valence-electron chi connectivity index (χ2n) is 3.03. The van der Waals surface area contributed by atoms with Crippen molar-refractivity contribution >= 4 is 23.8 Å². The van der Waals surface area contributed by atoms with Crippen LogP contribution < -0.4 is 10.8 Å². The lowest BCUT2D eigenvalue weighted by molar-refractivity contribution is 0.629. The van der Waals surface area contributed by atoms with E-state index < -0.39 is 0 Å². The molecule has 0 radical (unpaired) electrons. The molecule has 1 aromatic rings. The van der Waals surface area contributed by atoms with Crippen molar-refractivity contribution in [1.29, 1.82) is 0 Å². The number of halogens is 2. The maximum absolute atomic E-state index is 12.9. The van der Waals surface area contributed by atoms with Crippen LogP contribution >= 0.6 is 11.6 Å². The summed E-state index contributed by atoms with van der Waals surface area (Å²) in [5.41, 5.74) is 1.04. The van der Waals surface area contributed by atoms with Crippen molar-refractivity contribution in [2.45, 2.75) is 0 Å². The van der Waals surface area contributed by atoms with Crippen LogP contribution in [0.2, 0.25) is 5.02 Å². The minimum atomic E-state index is -0.318. The Labute approximate surface area is 76.0 Å². The minimum absolute atomic E-state index is 0.200. The van der Waals surface area contributed by atoms with E-state index in [1.54, 1.807) is 6.07 Å². The first-order chi connectivity index (χ1) is 5.77. The summed E-state index contributed by atoms with van der Waals surface area (Å²) in [6.45, 7) is 0.469. The lowest BCUT2D eigenvalue weighted by Gasteiger charge is -2.24. The lowest BCUT2D eigenvalue weighted by Crippen LogP contribution is -2.58. The van der Waals surface area contributed by atoms with Gasteiger partial charge in [0.05, 0.1) is 5.02 Å². The van der Waals surface area contributed by atoms with Crippen LogP contribution in [0.3, 0.4) is 0 Å². The summed E-state index contributed by atoms with van der Waals surface area (Å²) in [6, 6.07) is 5.02. The molecule has 1 aromatic carbocycles. The zero-order chi connectivity index (χ0) is 8.55. The molecule has 0 bridgehead atoms. The van der Waals surface area contributed by atoms with Gasteiger partial charge < -0.3 is 5.32 Å². The third-order valence-corrected chi connectivity index (χ3v) is 2.50. The van der Waals surface area contributed by atoms with E-state index in [2.05, 4.69) is 5.32 Å². The molecule has 62 valence electrons. The van der Waals surface area contributed by atoms with Crippen LogP contribution in [-0.2, 0) is 0 Å². The summed E-state index contributed by atoms with van der Waals surface area (Å²) in [7, 11) is 0. The Morgan fingerprint density at radius 2 is 2.17 bits per heavy atom. The number of hydrogen-bond donors (Lipinski definition) is 1. The molecule has 2 rings (SSSR count). The molecule has 0 atom stereocenters. The van der Waals surface area contributed by atoms with Crippen molar-refractivity contribution in [3.05, 3.63) is 29.0 Å². The predicted molar refractivity (Wildman–Crippen MR) is 49.7 cm³/mol. The fraction of sp³-hybridized carbons (Fsp3) is 0.250. The molecule has 1 aliphatic heterocycles. The van der Waals surface area contributed by atoms with Crippen LogP contribution in [0.4, 0.5) is 4.39 Å². The van der Waals surface area contributed by atoms with Gasteiger partial charge in [-0.25, -0.2) is 4.39 Å². The maximum atomic E-state index is 12.9. The molecule has 0 spiro atoms. The van der Waals surface area contributed by atoms with Gasteiger partial charge in [0.2, 0.25) is 6.71 Å². The van der Waals surface area contributed by atoms with Gasteiger partial charge in [-0.3, -0.25) is 0 Å². The van der Waals surface area contributed by atoms with E-state index in [1.165, 1.54) is 6.07 Å². The molecule has 1 heterocycles. The number of hydrogen-bond acceptors (Lipinski definition) is 1. The summed E-state index contributed by atoms with van der Waals surface area (Å²) in [5.74, 6) is -0.318. The second-order valence-corrected chi connectivity index (χ2v) is 3.44. The van der Waals surface area contributed by atoms with E-state index in [1.807, 2.05) is 6.07 Å². The van der Waals surface area contributed by atoms with Gasteiger partial charge in [0.1, 0.15) is 5.82 Å². The first kappa shape index (κ1) is 8.08. The third kappa shape index (κ3) is 1.34. The Hall–Kier alpha value is -0.535. The normalized spacial score (nSPS) is 16.0. The zero-order valence-electron chi connectivity index (χ0n) is 6.48. The van der Waals surface area contributed by atoms with Gasteiger partial charge in [-0.1, -0.05) is 23.1 Å². The molecule has 0 unspecified atom stereocenters. The Balaban J connectivity index is 2.27. The molecule has 1 N–H and O–H groups in total. The van der Waals surface area contributed by atoms with Crippen LogP contribution in [-0.4, -0.2) is 19.6 Å². The largest absolute Gasteiger partial charge is 0.330 e. The Bertz CT molecular complexity index is 301. The molecule has 0 saturated carbocycles. The van der Waals surface area contributed by atoms with Crippen molar-refractivity contribution in [3.8, 4) is 0 Å². The maximum Gasteiger partial charge on any atom is 0.205 e. The molecule has 1 fully saturated rings. The first-order valence-electron chi connectivity index (χ1n) is 3.93. The van der Waals surface area contributed by atoms with E-state index >= 15 is 0 Å². The highest BCUT2D eigenvalue weighted by molar-refractivity contribution is 6.75. The van der Waals surface area contributed by atoms with Crippen LogP contribution in [0, 0.1) is 5.82 Å². The number of nitrogens with one attached hydrogen (secondary N) is 1.